The van der Waals surface area contributed by atoms with Gasteiger partial charge in [-0.1, -0.05) is 12.1 Å². The van der Waals surface area contributed by atoms with Gasteiger partial charge in [0.1, 0.15) is 5.75 Å². The lowest BCUT2D eigenvalue weighted by Crippen LogP contribution is -2.15. The van der Waals surface area contributed by atoms with E-state index in [1.807, 2.05) is 35.0 Å². The zero-order chi connectivity index (χ0) is 17.2. The minimum absolute atomic E-state index is 0.205. The van der Waals surface area contributed by atoms with Crippen molar-refractivity contribution in [2.75, 3.05) is 12.4 Å². The Morgan fingerprint density at radius 1 is 1.32 bits per heavy atom. The van der Waals surface area contributed by atoms with Crippen molar-refractivity contribution in [3.05, 3.63) is 41.7 Å². The number of carbonyl (C=O) groups is 1. The highest BCUT2D eigenvalue weighted by Gasteiger charge is 2.18. The van der Waals surface area contributed by atoms with Crippen LogP contribution in [0.3, 0.4) is 0 Å². The van der Waals surface area contributed by atoms with Crippen LogP contribution in [0.5, 0.6) is 5.75 Å². The molecule has 1 amide bonds. The fraction of sp³-hybridized carbons (Fsp3) is 0.294. The van der Waals surface area contributed by atoms with Gasteiger partial charge in [-0.05, 0) is 37.5 Å². The van der Waals surface area contributed by atoms with Gasteiger partial charge in [-0.15, -0.1) is 5.10 Å². The van der Waals surface area contributed by atoms with E-state index in [1.54, 1.807) is 7.11 Å². The summed E-state index contributed by atoms with van der Waals surface area (Å²) < 4.78 is 7.22. The van der Waals surface area contributed by atoms with E-state index in [2.05, 4.69) is 25.6 Å². The summed E-state index contributed by atoms with van der Waals surface area (Å²) in [6.45, 7) is 0.862. The molecule has 0 unspecified atom stereocenters. The first kappa shape index (κ1) is 15.4. The van der Waals surface area contributed by atoms with Crippen molar-refractivity contribution in [2.24, 2.45) is 0 Å². The molecule has 0 saturated heterocycles. The van der Waals surface area contributed by atoms with Gasteiger partial charge >= 0.3 is 0 Å². The third kappa shape index (κ3) is 2.98. The van der Waals surface area contributed by atoms with E-state index < -0.39 is 0 Å². The summed E-state index contributed by atoms with van der Waals surface area (Å²) in [4.78, 5) is 16.7. The second-order valence-electron chi connectivity index (χ2n) is 5.86. The standard InChI is InChI=1S/C17H18N6O2/c1-25-14-8-3-2-7-12(14)15-18-17(21-20-15)19-16(24)13-10-11-6-4-5-9-23(11)22-13/h2-3,7-8,10H,4-6,9H2,1H3,(H2,18,19,20,21,24). The van der Waals surface area contributed by atoms with Crippen LogP contribution in [0.2, 0.25) is 0 Å². The number of carbonyl (C=O) groups excluding carboxylic acids is 1. The summed E-state index contributed by atoms with van der Waals surface area (Å²) in [6, 6.07) is 9.30. The topological polar surface area (TPSA) is 97.7 Å². The van der Waals surface area contributed by atoms with Crippen molar-refractivity contribution in [3.63, 3.8) is 0 Å². The molecule has 0 atom stereocenters. The summed E-state index contributed by atoms with van der Waals surface area (Å²) in [6.07, 6.45) is 3.19. The zero-order valence-corrected chi connectivity index (χ0v) is 13.8. The molecule has 0 aliphatic carbocycles. The number of para-hydroxylation sites is 1. The average Bonchev–Trinajstić information content (AvgIpc) is 3.28. The Morgan fingerprint density at radius 2 is 2.20 bits per heavy atom. The Hall–Kier alpha value is -3.16. The summed E-state index contributed by atoms with van der Waals surface area (Å²) in [5.74, 6) is 1.10. The number of nitrogens with one attached hydrogen (secondary N) is 2. The van der Waals surface area contributed by atoms with Crippen LogP contribution >= 0.6 is 0 Å². The molecule has 0 saturated carbocycles. The summed E-state index contributed by atoms with van der Waals surface area (Å²) in [5.41, 5.74) is 2.26. The second-order valence-corrected chi connectivity index (χ2v) is 5.86. The Balaban J connectivity index is 1.53. The number of fused-ring (bicyclic) bond motifs is 1. The van der Waals surface area contributed by atoms with Crippen molar-refractivity contribution < 1.29 is 9.53 Å². The number of benzene rings is 1. The van der Waals surface area contributed by atoms with E-state index in [0.717, 1.165) is 37.1 Å². The van der Waals surface area contributed by atoms with Gasteiger partial charge in [-0.3, -0.25) is 19.9 Å². The van der Waals surface area contributed by atoms with E-state index in [0.29, 0.717) is 17.3 Å². The summed E-state index contributed by atoms with van der Waals surface area (Å²) >= 11 is 0. The van der Waals surface area contributed by atoms with Crippen LogP contribution in [0, 0.1) is 0 Å². The molecule has 3 aromatic rings. The van der Waals surface area contributed by atoms with Crippen LogP contribution < -0.4 is 10.1 Å². The van der Waals surface area contributed by atoms with Gasteiger partial charge in [0.05, 0.1) is 12.7 Å². The largest absolute Gasteiger partial charge is 0.496 e. The van der Waals surface area contributed by atoms with Crippen LogP contribution in [-0.2, 0) is 13.0 Å². The van der Waals surface area contributed by atoms with Gasteiger partial charge < -0.3 is 4.74 Å². The molecule has 8 heteroatoms. The maximum atomic E-state index is 12.4. The van der Waals surface area contributed by atoms with Gasteiger partial charge in [0, 0.05) is 12.2 Å². The molecule has 0 spiro atoms. The smallest absolute Gasteiger partial charge is 0.278 e. The van der Waals surface area contributed by atoms with Crippen LogP contribution in [0.15, 0.2) is 30.3 Å². The van der Waals surface area contributed by atoms with E-state index in [9.17, 15) is 4.79 Å². The first-order chi connectivity index (χ1) is 12.2. The Bertz CT molecular complexity index is 890. The lowest BCUT2D eigenvalue weighted by molar-refractivity contribution is 0.102. The third-order valence-electron chi connectivity index (χ3n) is 4.22. The predicted molar refractivity (Wildman–Crippen MR) is 91.5 cm³/mol. The van der Waals surface area contributed by atoms with E-state index >= 15 is 0 Å². The predicted octanol–water partition coefficient (Wildman–Crippen LogP) is 2.27. The molecular formula is C17H18N6O2. The fourth-order valence-electron chi connectivity index (χ4n) is 2.97. The monoisotopic (exact) mass is 338 g/mol. The molecule has 1 aliphatic heterocycles. The van der Waals surface area contributed by atoms with Crippen molar-refractivity contribution in [1.29, 1.82) is 0 Å². The molecule has 2 aromatic heterocycles. The number of aromatic nitrogens is 5. The Morgan fingerprint density at radius 3 is 3.04 bits per heavy atom. The molecule has 128 valence electrons. The highest BCUT2D eigenvalue weighted by Crippen LogP contribution is 2.27. The Kier molecular flexibility index (Phi) is 3.93. The van der Waals surface area contributed by atoms with Crippen LogP contribution in [0.25, 0.3) is 11.4 Å². The van der Waals surface area contributed by atoms with Crippen molar-refractivity contribution in [3.8, 4) is 17.1 Å². The number of aromatic amines is 1. The quantitative estimate of drug-likeness (QED) is 0.760. The maximum absolute atomic E-state index is 12.4. The third-order valence-corrected chi connectivity index (χ3v) is 4.22. The van der Waals surface area contributed by atoms with Crippen LogP contribution in [0.4, 0.5) is 5.95 Å². The normalized spacial score (nSPS) is 13.3. The first-order valence-corrected chi connectivity index (χ1v) is 8.18. The molecule has 2 N–H and O–H groups in total. The highest BCUT2D eigenvalue weighted by atomic mass is 16.5. The summed E-state index contributed by atoms with van der Waals surface area (Å²) in [7, 11) is 1.60. The lowest BCUT2D eigenvalue weighted by Gasteiger charge is -2.11. The maximum Gasteiger partial charge on any atom is 0.278 e. The number of amides is 1. The molecule has 3 heterocycles. The van der Waals surface area contributed by atoms with E-state index in [-0.39, 0.29) is 11.9 Å². The molecule has 8 nitrogen and oxygen atoms in total. The average molecular weight is 338 g/mol. The molecule has 25 heavy (non-hydrogen) atoms. The minimum Gasteiger partial charge on any atom is -0.496 e. The van der Waals surface area contributed by atoms with Crippen molar-refractivity contribution in [1.82, 2.24) is 25.0 Å². The molecular weight excluding hydrogens is 320 g/mol. The van der Waals surface area contributed by atoms with Gasteiger partial charge in [-0.25, -0.2) is 0 Å². The van der Waals surface area contributed by atoms with Crippen LogP contribution in [-0.4, -0.2) is 38.0 Å². The Labute approximate surface area is 144 Å². The summed E-state index contributed by atoms with van der Waals surface area (Å²) in [5, 5.41) is 13.9. The molecule has 0 radical (unpaired) electrons. The number of methoxy groups -OCH3 is 1. The van der Waals surface area contributed by atoms with Gasteiger partial charge in [0.15, 0.2) is 11.5 Å². The van der Waals surface area contributed by atoms with E-state index in [4.69, 9.17) is 4.74 Å². The number of H-pyrrole nitrogens is 1. The molecule has 0 fully saturated rings. The number of rotatable bonds is 4. The number of hydrogen-bond donors (Lipinski definition) is 2. The number of aryl methyl sites for hydroxylation is 2. The van der Waals surface area contributed by atoms with Gasteiger partial charge in [-0.2, -0.15) is 10.1 Å². The van der Waals surface area contributed by atoms with Gasteiger partial charge in [0.25, 0.3) is 5.91 Å². The van der Waals surface area contributed by atoms with Gasteiger partial charge in [0.2, 0.25) is 5.95 Å². The molecule has 0 bridgehead atoms. The molecule has 1 aliphatic rings. The van der Waals surface area contributed by atoms with Crippen molar-refractivity contribution >= 4 is 11.9 Å². The minimum atomic E-state index is -0.313. The van der Waals surface area contributed by atoms with Crippen molar-refractivity contribution in [2.45, 2.75) is 25.8 Å². The highest BCUT2D eigenvalue weighted by molar-refractivity contribution is 6.02. The number of ether oxygens (including phenoxy) is 1. The number of anilines is 1. The lowest BCUT2D eigenvalue weighted by atomic mass is 10.1. The first-order valence-electron chi connectivity index (χ1n) is 8.18. The number of hydrogen-bond acceptors (Lipinski definition) is 5. The molecule has 1 aromatic carbocycles. The van der Waals surface area contributed by atoms with Crippen LogP contribution in [0.1, 0.15) is 29.0 Å². The second kappa shape index (κ2) is 6.39. The SMILES string of the molecule is COc1ccccc1-c1nc(NC(=O)c2cc3n(n2)CCCC3)n[nH]1. The number of nitrogens with zero attached hydrogens (tertiary/aromatic N) is 4. The molecule has 4 rings (SSSR count). The fourth-order valence-corrected chi connectivity index (χ4v) is 2.97. The van der Waals surface area contributed by atoms with E-state index in [1.165, 1.54) is 0 Å². The zero-order valence-electron chi connectivity index (χ0n) is 13.8.